The van der Waals surface area contributed by atoms with Gasteiger partial charge in [0, 0.05) is 17.5 Å². The van der Waals surface area contributed by atoms with E-state index in [0.29, 0.717) is 11.3 Å². The van der Waals surface area contributed by atoms with E-state index in [9.17, 15) is 0 Å². The maximum atomic E-state index is 8.91. The van der Waals surface area contributed by atoms with Crippen LogP contribution in [0.15, 0.2) is 18.2 Å². The summed E-state index contributed by atoms with van der Waals surface area (Å²) in [6, 6.07) is 4.50. The Bertz CT molecular complexity index is 259. The second-order valence-corrected chi connectivity index (χ2v) is 1.96. The van der Waals surface area contributed by atoms with Gasteiger partial charge >= 0.3 is 0 Å². The SMILES string of the molecule is CC.N=Cc1cc(O)ccc1N. The van der Waals surface area contributed by atoms with E-state index in [1.807, 2.05) is 13.8 Å². The predicted molar refractivity (Wildman–Crippen MR) is 51.8 cm³/mol. The van der Waals surface area contributed by atoms with Crippen LogP contribution in [-0.2, 0) is 0 Å². The van der Waals surface area contributed by atoms with Crippen LogP contribution in [0.3, 0.4) is 0 Å². The standard InChI is InChI=1S/C7H8N2O.C2H6/c8-4-5-3-6(10)1-2-7(5)9;1-2/h1-4,8,10H,9H2;1-2H3. The van der Waals surface area contributed by atoms with Gasteiger partial charge in [0.2, 0.25) is 0 Å². The second kappa shape index (κ2) is 5.18. The summed E-state index contributed by atoms with van der Waals surface area (Å²) in [5.74, 6) is 0.132. The highest BCUT2D eigenvalue weighted by Gasteiger charge is 1.94. The Kier molecular flexibility index (Phi) is 4.53. The van der Waals surface area contributed by atoms with Crippen LogP contribution in [0.1, 0.15) is 19.4 Å². The lowest BCUT2D eigenvalue weighted by molar-refractivity contribution is 0.475. The molecular weight excluding hydrogens is 152 g/mol. The van der Waals surface area contributed by atoms with E-state index in [1.165, 1.54) is 12.1 Å². The highest BCUT2D eigenvalue weighted by atomic mass is 16.3. The number of nitrogen functional groups attached to an aromatic ring is 1. The summed E-state index contributed by atoms with van der Waals surface area (Å²) in [7, 11) is 0. The monoisotopic (exact) mass is 166 g/mol. The van der Waals surface area contributed by atoms with Gasteiger partial charge in [0.15, 0.2) is 0 Å². The first-order chi connectivity index (χ1) is 5.74. The number of phenols is 1. The molecule has 0 bridgehead atoms. The average Bonchev–Trinajstić information content (AvgIpc) is 2.13. The molecule has 3 heteroatoms. The van der Waals surface area contributed by atoms with E-state index in [0.717, 1.165) is 6.21 Å². The van der Waals surface area contributed by atoms with Crippen molar-refractivity contribution in [3.63, 3.8) is 0 Å². The fourth-order valence-electron chi connectivity index (χ4n) is 0.687. The molecule has 3 nitrogen and oxygen atoms in total. The minimum atomic E-state index is 0.132. The predicted octanol–water partition coefficient (Wildman–Crippen LogP) is 2.00. The maximum Gasteiger partial charge on any atom is 0.116 e. The number of aromatic hydroxyl groups is 1. The zero-order valence-electron chi connectivity index (χ0n) is 7.33. The first-order valence-electron chi connectivity index (χ1n) is 3.83. The molecule has 0 aliphatic heterocycles. The van der Waals surface area contributed by atoms with Crippen LogP contribution in [0.5, 0.6) is 5.75 Å². The van der Waals surface area contributed by atoms with Crippen molar-refractivity contribution >= 4 is 11.9 Å². The zero-order chi connectivity index (χ0) is 9.56. The molecule has 0 spiro atoms. The third-order valence-corrected chi connectivity index (χ3v) is 1.23. The highest BCUT2D eigenvalue weighted by molar-refractivity contribution is 5.85. The molecule has 0 radical (unpaired) electrons. The van der Waals surface area contributed by atoms with Gasteiger partial charge in [-0.05, 0) is 18.2 Å². The zero-order valence-corrected chi connectivity index (χ0v) is 7.33. The number of benzene rings is 1. The van der Waals surface area contributed by atoms with Crippen molar-refractivity contribution in [2.45, 2.75) is 13.8 Å². The van der Waals surface area contributed by atoms with Gasteiger partial charge in [0.25, 0.3) is 0 Å². The summed E-state index contributed by atoms with van der Waals surface area (Å²) >= 11 is 0. The molecule has 0 saturated heterocycles. The van der Waals surface area contributed by atoms with E-state index < -0.39 is 0 Å². The number of hydrogen-bond acceptors (Lipinski definition) is 3. The summed E-state index contributed by atoms with van der Waals surface area (Å²) in [5.41, 5.74) is 6.49. The molecule has 0 fully saturated rings. The summed E-state index contributed by atoms with van der Waals surface area (Å²) in [6.45, 7) is 4.00. The summed E-state index contributed by atoms with van der Waals surface area (Å²) in [4.78, 5) is 0. The van der Waals surface area contributed by atoms with Crippen LogP contribution < -0.4 is 5.73 Å². The van der Waals surface area contributed by atoms with E-state index in [1.54, 1.807) is 6.07 Å². The minimum Gasteiger partial charge on any atom is -0.508 e. The third kappa shape index (κ3) is 2.62. The van der Waals surface area contributed by atoms with Gasteiger partial charge in [-0.15, -0.1) is 0 Å². The molecule has 12 heavy (non-hydrogen) atoms. The molecule has 1 aromatic carbocycles. The van der Waals surface area contributed by atoms with Crippen molar-refractivity contribution in [2.24, 2.45) is 0 Å². The molecule has 0 aliphatic carbocycles. The fourth-order valence-corrected chi connectivity index (χ4v) is 0.687. The number of phenolic OH excluding ortho intramolecular Hbond substituents is 1. The Morgan fingerprint density at radius 3 is 2.42 bits per heavy atom. The van der Waals surface area contributed by atoms with Crippen molar-refractivity contribution in [1.29, 1.82) is 5.41 Å². The lowest BCUT2D eigenvalue weighted by atomic mass is 10.2. The van der Waals surface area contributed by atoms with Crippen LogP contribution in [0.25, 0.3) is 0 Å². The van der Waals surface area contributed by atoms with Gasteiger partial charge in [-0.3, -0.25) is 0 Å². The number of nitrogens with two attached hydrogens (primary N) is 1. The van der Waals surface area contributed by atoms with Gasteiger partial charge in [0.1, 0.15) is 5.75 Å². The highest BCUT2D eigenvalue weighted by Crippen LogP contribution is 2.15. The lowest BCUT2D eigenvalue weighted by Gasteiger charge is -1.97. The number of anilines is 1. The largest absolute Gasteiger partial charge is 0.508 e. The van der Waals surface area contributed by atoms with Crippen LogP contribution in [0.2, 0.25) is 0 Å². The van der Waals surface area contributed by atoms with Crippen molar-refractivity contribution in [3.05, 3.63) is 23.8 Å². The molecule has 4 N–H and O–H groups in total. The first kappa shape index (κ1) is 10.5. The quantitative estimate of drug-likeness (QED) is 0.339. The van der Waals surface area contributed by atoms with Crippen molar-refractivity contribution in [1.82, 2.24) is 0 Å². The molecule has 0 heterocycles. The van der Waals surface area contributed by atoms with Crippen molar-refractivity contribution in [2.75, 3.05) is 5.73 Å². The maximum absolute atomic E-state index is 8.91. The topological polar surface area (TPSA) is 70.1 Å². The fraction of sp³-hybridized carbons (Fsp3) is 0.222. The number of nitrogens with one attached hydrogen (secondary N) is 1. The molecule has 0 unspecified atom stereocenters. The normalized spacial score (nSPS) is 8.17. The minimum absolute atomic E-state index is 0.132. The molecule has 1 aromatic rings. The molecule has 0 aliphatic rings. The summed E-state index contributed by atoms with van der Waals surface area (Å²) in [5, 5.41) is 15.8. The second-order valence-electron chi connectivity index (χ2n) is 1.96. The van der Waals surface area contributed by atoms with Gasteiger partial charge in [0.05, 0.1) is 0 Å². The summed E-state index contributed by atoms with van der Waals surface area (Å²) in [6.07, 6.45) is 1.11. The number of rotatable bonds is 1. The third-order valence-electron chi connectivity index (χ3n) is 1.23. The average molecular weight is 166 g/mol. The summed E-state index contributed by atoms with van der Waals surface area (Å²) < 4.78 is 0. The molecule has 0 atom stereocenters. The molecule has 1 rings (SSSR count). The molecule has 66 valence electrons. The smallest absolute Gasteiger partial charge is 0.116 e. The Hall–Kier alpha value is -1.51. The van der Waals surface area contributed by atoms with Gasteiger partial charge < -0.3 is 16.2 Å². The van der Waals surface area contributed by atoms with E-state index in [-0.39, 0.29) is 5.75 Å². The lowest BCUT2D eigenvalue weighted by Crippen LogP contribution is -1.90. The Morgan fingerprint density at radius 2 is 2.00 bits per heavy atom. The molecule has 0 amide bonds. The van der Waals surface area contributed by atoms with Gasteiger partial charge in [-0.2, -0.15) is 0 Å². The van der Waals surface area contributed by atoms with Gasteiger partial charge in [-0.1, -0.05) is 13.8 Å². The first-order valence-corrected chi connectivity index (χ1v) is 3.83. The van der Waals surface area contributed by atoms with E-state index >= 15 is 0 Å². The van der Waals surface area contributed by atoms with Crippen LogP contribution in [-0.4, -0.2) is 11.3 Å². The molecular formula is C9H14N2O. The van der Waals surface area contributed by atoms with Crippen LogP contribution in [0.4, 0.5) is 5.69 Å². The Labute approximate surface area is 72.4 Å². The Morgan fingerprint density at radius 1 is 1.42 bits per heavy atom. The van der Waals surface area contributed by atoms with Crippen LogP contribution >= 0.6 is 0 Å². The van der Waals surface area contributed by atoms with Crippen LogP contribution in [0, 0.1) is 5.41 Å². The van der Waals surface area contributed by atoms with E-state index in [2.05, 4.69) is 0 Å². The van der Waals surface area contributed by atoms with Crippen molar-refractivity contribution in [3.8, 4) is 5.75 Å². The number of hydrogen-bond donors (Lipinski definition) is 3. The van der Waals surface area contributed by atoms with Crippen molar-refractivity contribution < 1.29 is 5.11 Å². The van der Waals surface area contributed by atoms with E-state index in [4.69, 9.17) is 16.2 Å². The van der Waals surface area contributed by atoms with Gasteiger partial charge in [-0.25, -0.2) is 0 Å². The molecule has 0 aromatic heterocycles. The Balaban J connectivity index is 0.000000561. The molecule has 0 saturated carbocycles.